The number of nitrogens with one attached hydrogen (secondary N) is 3. The van der Waals surface area contributed by atoms with Crippen molar-refractivity contribution in [3.8, 4) is 5.75 Å². The van der Waals surface area contributed by atoms with Crippen LogP contribution in [0.4, 0.5) is 22.2 Å². The predicted molar refractivity (Wildman–Crippen MR) is 99.2 cm³/mol. The molecule has 8 nitrogen and oxygen atoms in total. The summed E-state index contributed by atoms with van der Waals surface area (Å²) >= 11 is 0. The summed E-state index contributed by atoms with van der Waals surface area (Å²) in [5.41, 5.74) is 6.84. The van der Waals surface area contributed by atoms with Crippen molar-refractivity contribution in [1.82, 2.24) is 9.97 Å². The van der Waals surface area contributed by atoms with Crippen molar-refractivity contribution in [3.05, 3.63) is 36.0 Å². The normalized spacial score (nSPS) is 10.4. The van der Waals surface area contributed by atoms with Crippen LogP contribution in [0.25, 0.3) is 0 Å². The van der Waals surface area contributed by atoms with Crippen LogP contribution in [0.15, 0.2) is 30.3 Å². The number of benzene rings is 1. The van der Waals surface area contributed by atoms with E-state index in [2.05, 4.69) is 25.9 Å². The Morgan fingerprint density at radius 1 is 1.20 bits per heavy atom. The average Bonchev–Trinajstić information content (AvgIpc) is 2.53. The summed E-state index contributed by atoms with van der Waals surface area (Å²) in [4.78, 5) is 20.5. The van der Waals surface area contributed by atoms with Gasteiger partial charge in [0.05, 0.1) is 6.10 Å². The Hall–Kier alpha value is -2.87. The highest BCUT2D eigenvalue weighted by atomic mass is 16.5. The van der Waals surface area contributed by atoms with Gasteiger partial charge in [0, 0.05) is 30.5 Å². The van der Waals surface area contributed by atoms with E-state index in [0.717, 1.165) is 11.4 Å². The molecule has 2 rings (SSSR count). The van der Waals surface area contributed by atoms with Crippen molar-refractivity contribution < 1.29 is 9.53 Å². The van der Waals surface area contributed by atoms with Crippen LogP contribution in [-0.2, 0) is 0 Å². The molecule has 0 atom stereocenters. The molecule has 0 saturated carbocycles. The minimum atomic E-state index is -0.423. The van der Waals surface area contributed by atoms with Gasteiger partial charge in [0.2, 0.25) is 5.95 Å². The van der Waals surface area contributed by atoms with Gasteiger partial charge in [-0.3, -0.25) is 5.32 Å². The van der Waals surface area contributed by atoms with Crippen molar-refractivity contribution in [2.75, 3.05) is 29.0 Å². The monoisotopic (exact) mass is 344 g/mol. The van der Waals surface area contributed by atoms with Crippen molar-refractivity contribution in [3.63, 3.8) is 0 Å². The van der Waals surface area contributed by atoms with Gasteiger partial charge in [0.15, 0.2) is 0 Å². The molecule has 134 valence electrons. The summed E-state index contributed by atoms with van der Waals surface area (Å²) in [5.74, 6) is 1.58. The van der Waals surface area contributed by atoms with Gasteiger partial charge in [0.25, 0.3) is 0 Å². The van der Waals surface area contributed by atoms with Gasteiger partial charge in [-0.25, -0.2) is 9.78 Å². The van der Waals surface area contributed by atoms with Gasteiger partial charge < -0.3 is 21.1 Å². The number of aryl methyl sites for hydroxylation is 1. The van der Waals surface area contributed by atoms with Gasteiger partial charge in [-0.05, 0) is 45.0 Å². The number of nitrogens with two attached hydrogens (primary N) is 1. The first-order valence-corrected chi connectivity index (χ1v) is 8.10. The largest absolute Gasteiger partial charge is 0.491 e. The van der Waals surface area contributed by atoms with Gasteiger partial charge >= 0.3 is 6.03 Å². The van der Waals surface area contributed by atoms with E-state index in [1.165, 1.54) is 0 Å². The maximum Gasteiger partial charge on any atom is 0.326 e. The Kier molecular flexibility index (Phi) is 6.53. The Morgan fingerprint density at radius 2 is 1.92 bits per heavy atom. The summed E-state index contributed by atoms with van der Waals surface area (Å²) in [5, 5.41) is 8.41. The van der Waals surface area contributed by atoms with Gasteiger partial charge in [-0.1, -0.05) is 0 Å². The molecule has 0 bridgehead atoms. The molecule has 1 aromatic heterocycles. The second kappa shape index (κ2) is 8.84. The highest BCUT2D eigenvalue weighted by molar-refractivity contribution is 5.98. The van der Waals surface area contributed by atoms with Crippen LogP contribution in [0.2, 0.25) is 0 Å². The first-order chi connectivity index (χ1) is 12.0. The van der Waals surface area contributed by atoms with E-state index in [9.17, 15) is 4.79 Å². The Morgan fingerprint density at radius 3 is 2.56 bits per heavy atom. The highest BCUT2D eigenvalue weighted by Gasteiger charge is 2.07. The lowest BCUT2D eigenvalue weighted by Gasteiger charge is -2.11. The molecule has 0 unspecified atom stereocenters. The fraction of sp³-hybridized carbons (Fsp3) is 0.353. The molecule has 1 aromatic carbocycles. The van der Waals surface area contributed by atoms with E-state index < -0.39 is 6.03 Å². The number of hydrogen-bond donors (Lipinski definition) is 4. The minimum absolute atomic E-state index is 0.0997. The van der Waals surface area contributed by atoms with E-state index in [-0.39, 0.29) is 12.1 Å². The molecule has 5 N–H and O–H groups in total. The number of ether oxygens (including phenoxy) is 1. The third-order valence-electron chi connectivity index (χ3n) is 3.01. The molecule has 0 radical (unpaired) electrons. The number of hydrogen-bond acceptors (Lipinski definition) is 6. The van der Waals surface area contributed by atoms with Crippen molar-refractivity contribution >= 4 is 23.5 Å². The Balaban J connectivity index is 1.96. The lowest BCUT2D eigenvalue weighted by Crippen LogP contribution is -2.22. The SMILES string of the molecule is Cc1cc(NCCN)nc(NC(=O)Nc2ccc(OC(C)C)cc2)n1. The Bertz CT molecular complexity index is 703. The van der Waals surface area contributed by atoms with Crippen LogP contribution in [0.5, 0.6) is 5.75 Å². The van der Waals surface area contributed by atoms with Crippen molar-refractivity contribution in [2.45, 2.75) is 26.9 Å². The van der Waals surface area contributed by atoms with Gasteiger partial charge in [-0.15, -0.1) is 0 Å². The van der Waals surface area contributed by atoms with E-state index in [0.29, 0.717) is 24.6 Å². The van der Waals surface area contributed by atoms with E-state index in [4.69, 9.17) is 10.5 Å². The number of amides is 2. The molecular formula is C17H24N6O2. The maximum absolute atomic E-state index is 12.1. The molecule has 0 spiro atoms. The van der Waals surface area contributed by atoms with Crippen LogP contribution >= 0.6 is 0 Å². The lowest BCUT2D eigenvalue weighted by molar-refractivity contribution is 0.242. The molecule has 0 saturated heterocycles. The summed E-state index contributed by atoms with van der Waals surface area (Å²) in [6.45, 7) is 6.82. The molecule has 25 heavy (non-hydrogen) atoms. The zero-order chi connectivity index (χ0) is 18.2. The molecule has 2 aromatic rings. The zero-order valence-corrected chi connectivity index (χ0v) is 14.7. The van der Waals surface area contributed by atoms with E-state index in [1.54, 1.807) is 30.3 Å². The maximum atomic E-state index is 12.1. The summed E-state index contributed by atoms with van der Waals surface area (Å²) in [7, 11) is 0. The zero-order valence-electron chi connectivity index (χ0n) is 14.7. The molecule has 1 heterocycles. The van der Waals surface area contributed by atoms with Crippen LogP contribution < -0.4 is 26.4 Å². The van der Waals surface area contributed by atoms with Crippen LogP contribution in [0.3, 0.4) is 0 Å². The number of urea groups is 1. The quantitative estimate of drug-likeness (QED) is 0.614. The summed E-state index contributed by atoms with van der Waals surface area (Å²) in [6.07, 6.45) is 0.0997. The molecule has 2 amide bonds. The number of anilines is 3. The fourth-order valence-corrected chi connectivity index (χ4v) is 2.07. The number of aromatic nitrogens is 2. The second-order valence-electron chi connectivity index (χ2n) is 5.70. The number of rotatable bonds is 7. The smallest absolute Gasteiger partial charge is 0.326 e. The number of carbonyl (C=O) groups is 1. The van der Waals surface area contributed by atoms with Gasteiger partial charge in [-0.2, -0.15) is 4.98 Å². The molecular weight excluding hydrogens is 320 g/mol. The predicted octanol–water partition coefficient (Wildman–Crippen LogP) is 2.59. The molecule has 0 aliphatic rings. The van der Waals surface area contributed by atoms with Crippen molar-refractivity contribution in [1.29, 1.82) is 0 Å². The van der Waals surface area contributed by atoms with Crippen LogP contribution in [-0.4, -0.2) is 35.2 Å². The lowest BCUT2D eigenvalue weighted by atomic mass is 10.3. The van der Waals surface area contributed by atoms with E-state index >= 15 is 0 Å². The van der Waals surface area contributed by atoms with Crippen LogP contribution in [0, 0.1) is 6.92 Å². The van der Waals surface area contributed by atoms with Gasteiger partial charge in [0.1, 0.15) is 11.6 Å². The fourth-order valence-electron chi connectivity index (χ4n) is 2.07. The van der Waals surface area contributed by atoms with Crippen LogP contribution in [0.1, 0.15) is 19.5 Å². The standard InChI is InChI=1S/C17H24N6O2/c1-11(2)25-14-6-4-13(5-7-14)21-17(24)23-16-20-12(3)10-15(22-16)19-9-8-18/h4-7,10-11H,8-9,18H2,1-3H3,(H3,19,20,21,22,23,24). The molecule has 8 heteroatoms. The third-order valence-corrected chi connectivity index (χ3v) is 3.01. The molecule has 0 fully saturated rings. The third kappa shape index (κ3) is 6.27. The Labute approximate surface area is 147 Å². The number of nitrogens with zero attached hydrogens (tertiary/aromatic N) is 2. The van der Waals surface area contributed by atoms with Crippen molar-refractivity contribution in [2.24, 2.45) is 5.73 Å². The van der Waals surface area contributed by atoms with E-state index in [1.807, 2.05) is 20.8 Å². The highest BCUT2D eigenvalue weighted by Crippen LogP contribution is 2.17. The minimum Gasteiger partial charge on any atom is -0.491 e. The topological polar surface area (TPSA) is 114 Å². The number of carbonyl (C=O) groups excluding carboxylic acids is 1. The first kappa shape index (κ1) is 18.5. The molecule has 0 aliphatic heterocycles. The first-order valence-electron chi connectivity index (χ1n) is 8.10. The average molecular weight is 344 g/mol. The molecule has 0 aliphatic carbocycles. The summed E-state index contributed by atoms with van der Waals surface area (Å²) < 4.78 is 5.56. The second-order valence-corrected chi connectivity index (χ2v) is 5.70. The summed E-state index contributed by atoms with van der Waals surface area (Å²) in [6, 6.07) is 8.49.